The van der Waals surface area contributed by atoms with Gasteiger partial charge in [0.1, 0.15) is 5.76 Å². The first-order valence-electron chi connectivity index (χ1n) is 7.97. The Bertz CT molecular complexity index is 1150. The van der Waals surface area contributed by atoms with Crippen molar-refractivity contribution in [2.75, 3.05) is 0 Å². The summed E-state index contributed by atoms with van der Waals surface area (Å²) in [6, 6.07) is 18.5. The summed E-state index contributed by atoms with van der Waals surface area (Å²) in [4.78, 5) is 28.9. The molecule has 1 unspecified atom stereocenters. The number of hydrogen-bond acceptors (Lipinski definition) is 4. The maximum atomic E-state index is 12.4. The maximum absolute atomic E-state index is 12.4. The third-order valence-corrected chi connectivity index (χ3v) is 4.24. The fourth-order valence-electron chi connectivity index (χ4n) is 3.00. The number of ether oxygens (including phenoxy) is 1. The van der Waals surface area contributed by atoms with E-state index in [1.165, 1.54) is 0 Å². The highest BCUT2D eigenvalue weighted by atomic mass is 16.5. The van der Waals surface area contributed by atoms with Crippen LogP contribution in [0, 0.1) is 11.3 Å². The van der Waals surface area contributed by atoms with Crippen molar-refractivity contribution in [1.29, 1.82) is 5.26 Å². The van der Waals surface area contributed by atoms with E-state index < -0.39 is 17.2 Å². The van der Waals surface area contributed by atoms with E-state index >= 15 is 0 Å². The van der Waals surface area contributed by atoms with Crippen molar-refractivity contribution in [2.45, 2.75) is 5.92 Å². The van der Waals surface area contributed by atoms with E-state index in [9.17, 15) is 9.59 Å². The van der Waals surface area contributed by atoms with Crippen molar-refractivity contribution in [3.05, 3.63) is 104 Å². The quantitative estimate of drug-likeness (QED) is 0.747. The molecule has 26 heavy (non-hydrogen) atoms. The lowest BCUT2D eigenvalue weighted by molar-refractivity contribution is 0.464. The second-order valence-electron chi connectivity index (χ2n) is 5.86. The van der Waals surface area contributed by atoms with Gasteiger partial charge in [0.2, 0.25) is 5.88 Å². The first kappa shape index (κ1) is 15.7. The number of rotatable bonds is 2. The molecule has 0 amide bonds. The number of fused-ring (bicyclic) bond motifs is 1. The number of nitrogens with one attached hydrogen (secondary N) is 2. The van der Waals surface area contributed by atoms with Gasteiger partial charge in [-0.2, -0.15) is 5.26 Å². The fraction of sp³-hybridized carbons (Fsp3) is 0.0500. The van der Waals surface area contributed by atoms with Crippen LogP contribution < -0.4 is 16.0 Å². The number of hydrogen-bond donors (Lipinski definition) is 2. The third kappa shape index (κ3) is 2.72. The summed E-state index contributed by atoms with van der Waals surface area (Å²) in [5.74, 6) is 0.269. The molecule has 1 atom stereocenters. The third-order valence-electron chi connectivity index (χ3n) is 4.24. The monoisotopic (exact) mass is 343 g/mol. The predicted octanol–water partition coefficient (Wildman–Crippen LogP) is 2.50. The molecule has 0 aliphatic carbocycles. The Kier molecular flexibility index (Phi) is 3.75. The van der Waals surface area contributed by atoms with E-state index in [2.05, 4.69) is 16.0 Å². The highest BCUT2D eigenvalue weighted by Crippen LogP contribution is 2.37. The Morgan fingerprint density at radius 1 is 0.962 bits per heavy atom. The molecule has 6 nitrogen and oxygen atoms in total. The molecule has 2 aromatic carbocycles. The lowest BCUT2D eigenvalue weighted by Gasteiger charge is -2.24. The second-order valence-corrected chi connectivity index (χ2v) is 5.86. The van der Waals surface area contributed by atoms with Gasteiger partial charge in [0.25, 0.3) is 5.56 Å². The summed E-state index contributed by atoms with van der Waals surface area (Å²) in [7, 11) is 0. The summed E-state index contributed by atoms with van der Waals surface area (Å²) in [6.07, 6.45) is 1.84. The molecule has 3 aromatic rings. The molecular formula is C20H13N3O3. The average molecular weight is 343 g/mol. The van der Waals surface area contributed by atoms with Gasteiger partial charge in [0, 0.05) is 11.5 Å². The number of benzene rings is 2. The van der Waals surface area contributed by atoms with Crippen LogP contribution in [0.2, 0.25) is 0 Å². The molecule has 0 fully saturated rings. The average Bonchev–Trinajstić information content (AvgIpc) is 2.67. The van der Waals surface area contributed by atoms with E-state index in [1.54, 1.807) is 24.3 Å². The Balaban J connectivity index is 1.91. The van der Waals surface area contributed by atoms with Gasteiger partial charge in [-0.25, -0.2) is 4.79 Å². The van der Waals surface area contributed by atoms with Gasteiger partial charge in [-0.3, -0.25) is 14.8 Å². The first-order valence-corrected chi connectivity index (χ1v) is 7.97. The Morgan fingerprint density at radius 2 is 1.69 bits per heavy atom. The minimum absolute atomic E-state index is 0.134. The SMILES string of the molecule is N#Cc1ccc(C2C=C(c3ccccc3)Oc3[nH]c(=O)[nH]c(=O)c32)cc1. The van der Waals surface area contributed by atoms with E-state index in [0.717, 1.165) is 11.1 Å². The number of nitriles is 1. The molecule has 0 radical (unpaired) electrons. The number of H-pyrrole nitrogens is 2. The van der Waals surface area contributed by atoms with Gasteiger partial charge in [0.15, 0.2) is 0 Å². The van der Waals surface area contributed by atoms with E-state index in [-0.39, 0.29) is 5.88 Å². The van der Waals surface area contributed by atoms with Crippen molar-refractivity contribution < 1.29 is 4.74 Å². The fourth-order valence-corrected chi connectivity index (χ4v) is 3.00. The molecule has 0 bridgehead atoms. The van der Waals surface area contributed by atoms with Crippen LogP contribution in [-0.2, 0) is 0 Å². The molecule has 1 aliphatic rings. The summed E-state index contributed by atoms with van der Waals surface area (Å²) < 4.78 is 5.81. The van der Waals surface area contributed by atoms with E-state index in [1.807, 2.05) is 36.4 Å². The predicted molar refractivity (Wildman–Crippen MR) is 95.7 cm³/mol. The highest BCUT2D eigenvalue weighted by Gasteiger charge is 2.28. The molecule has 6 heteroatoms. The molecule has 0 saturated heterocycles. The maximum Gasteiger partial charge on any atom is 0.328 e. The standard InChI is InChI=1S/C20H13N3O3/c21-11-12-6-8-13(9-7-12)15-10-16(14-4-2-1-3-5-14)26-19-17(15)18(24)22-20(25)23-19/h1-10,15H,(H2,22,23,24,25). The van der Waals surface area contributed by atoms with Crippen LogP contribution in [0.25, 0.3) is 5.76 Å². The Morgan fingerprint density at radius 3 is 2.38 bits per heavy atom. The zero-order valence-electron chi connectivity index (χ0n) is 13.5. The van der Waals surface area contributed by atoms with E-state index in [4.69, 9.17) is 10.00 Å². The summed E-state index contributed by atoms with van der Waals surface area (Å²) >= 11 is 0. The lowest BCUT2D eigenvalue weighted by Crippen LogP contribution is -2.30. The van der Waals surface area contributed by atoms with Gasteiger partial charge < -0.3 is 4.74 Å². The molecule has 4 rings (SSSR count). The van der Waals surface area contributed by atoms with Gasteiger partial charge >= 0.3 is 5.69 Å². The molecule has 0 spiro atoms. The zero-order valence-corrected chi connectivity index (χ0v) is 13.5. The molecule has 1 aliphatic heterocycles. The van der Waals surface area contributed by atoms with Gasteiger partial charge in [-0.15, -0.1) is 0 Å². The minimum Gasteiger partial charge on any atom is -0.440 e. The summed E-state index contributed by atoms with van der Waals surface area (Å²) in [5.41, 5.74) is 1.39. The second kappa shape index (κ2) is 6.22. The number of aromatic nitrogens is 2. The number of nitrogens with zero attached hydrogens (tertiary/aromatic N) is 1. The summed E-state index contributed by atoms with van der Waals surface area (Å²) in [5, 5.41) is 8.99. The number of aromatic amines is 2. The van der Waals surface area contributed by atoms with Gasteiger partial charge in [0.05, 0.1) is 17.2 Å². The van der Waals surface area contributed by atoms with Crippen LogP contribution in [0.1, 0.15) is 28.2 Å². The van der Waals surface area contributed by atoms with Gasteiger partial charge in [-0.1, -0.05) is 42.5 Å². The van der Waals surface area contributed by atoms with Crippen molar-refractivity contribution in [3.63, 3.8) is 0 Å². The molecule has 2 N–H and O–H groups in total. The van der Waals surface area contributed by atoms with Crippen LogP contribution in [0.4, 0.5) is 0 Å². The van der Waals surface area contributed by atoms with Crippen LogP contribution in [-0.4, -0.2) is 9.97 Å². The van der Waals surface area contributed by atoms with Crippen LogP contribution in [0.5, 0.6) is 5.88 Å². The van der Waals surface area contributed by atoms with Crippen molar-refractivity contribution >= 4 is 5.76 Å². The number of allylic oxidation sites excluding steroid dienone is 1. The largest absolute Gasteiger partial charge is 0.440 e. The zero-order chi connectivity index (χ0) is 18.1. The molecule has 2 heterocycles. The normalized spacial score (nSPS) is 15.3. The summed E-state index contributed by atoms with van der Waals surface area (Å²) in [6.45, 7) is 0. The van der Waals surface area contributed by atoms with Crippen LogP contribution in [0.15, 0.2) is 70.3 Å². The molecule has 1 aromatic heterocycles. The molecule has 0 saturated carbocycles. The Hall–Kier alpha value is -3.85. The van der Waals surface area contributed by atoms with E-state index in [0.29, 0.717) is 16.9 Å². The smallest absolute Gasteiger partial charge is 0.328 e. The van der Waals surface area contributed by atoms with Crippen LogP contribution >= 0.6 is 0 Å². The lowest BCUT2D eigenvalue weighted by atomic mass is 9.89. The van der Waals surface area contributed by atoms with Crippen LogP contribution in [0.3, 0.4) is 0 Å². The van der Waals surface area contributed by atoms with Crippen molar-refractivity contribution in [3.8, 4) is 11.9 Å². The van der Waals surface area contributed by atoms with Gasteiger partial charge in [-0.05, 0) is 23.8 Å². The molecule has 126 valence electrons. The molecular weight excluding hydrogens is 330 g/mol. The van der Waals surface area contributed by atoms with Crippen molar-refractivity contribution in [2.24, 2.45) is 0 Å². The topological polar surface area (TPSA) is 98.7 Å². The highest BCUT2D eigenvalue weighted by molar-refractivity contribution is 5.67. The minimum atomic E-state index is -0.623. The Labute approximate surface area is 148 Å². The first-order chi connectivity index (χ1) is 12.7. The van der Waals surface area contributed by atoms with Crippen molar-refractivity contribution in [1.82, 2.24) is 9.97 Å².